The van der Waals surface area contributed by atoms with Crippen molar-refractivity contribution >= 4 is 0 Å². The van der Waals surface area contributed by atoms with Crippen molar-refractivity contribution in [2.45, 2.75) is 32.7 Å². The number of nitrogens with one attached hydrogen (secondary N) is 1. The molecule has 1 fully saturated rings. The maximum atomic E-state index is 5.71. The number of aryl methyl sites for hydroxylation is 1. The largest absolute Gasteiger partial charge is 0.469 e. The van der Waals surface area contributed by atoms with E-state index in [1.54, 1.807) is 6.26 Å². The Balaban J connectivity index is 1.62. The van der Waals surface area contributed by atoms with Crippen molar-refractivity contribution < 1.29 is 13.9 Å². The molecule has 2 heterocycles. The van der Waals surface area contributed by atoms with Gasteiger partial charge in [0.1, 0.15) is 5.76 Å². The molecule has 0 saturated carbocycles. The zero-order valence-electron chi connectivity index (χ0n) is 12.5. The SMILES string of the molecule is Cc1occc1CNCc1cccc(C2(C)OCCO2)c1. The zero-order valence-corrected chi connectivity index (χ0v) is 12.5. The van der Waals surface area contributed by atoms with Gasteiger partial charge in [-0.3, -0.25) is 0 Å². The van der Waals surface area contributed by atoms with Gasteiger partial charge in [-0.1, -0.05) is 18.2 Å². The number of rotatable bonds is 5. The Hall–Kier alpha value is -1.62. The molecule has 4 nitrogen and oxygen atoms in total. The molecule has 0 unspecified atom stereocenters. The van der Waals surface area contributed by atoms with E-state index in [9.17, 15) is 0 Å². The quantitative estimate of drug-likeness (QED) is 0.917. The molecule has 0 atom stereocenters. The van der Waals surface area contributed by atoms with Gasteiger partial charge in [-0.2, -0.15) is 0 Å². The normalized spacial score (nSPS) is 17.2. The minimum absolute atomic E-state index is 0.600. The topological polar surface area (TPSA) is 43.6 Å². The van der Waals surface area contributed by atoms with Gasteiger partial charge in [0.2, 0.25) is 0 Å². The van der Waals surface area contributed by atoms with Crippen molar-refractivity contribution in [1.29, 1.82) is 0 Å². The van der Waals surface area contributed by atoms with E-state index < -0.39 is 5.79 Å². The van der Waals surface area contributed by atoms with E-state index in [-0.39, 0.29) is 0 Å². The average Bonchev–Trinajstić information content (AvgIpc) is 3.10. The average molecular weight is 287 g/mol. The standard InChI is InChI=1S/C17H21NO3/c1-13-15(6-7-19-13)12-18-11-14-4-3-5-16(10-14)17(2)20-8-9-21-17/h3-7,10,18H,8-9,11-12H2,1-2H3. The van der Waals surface area contributed by atoms with Crippen molar-refractivity contribution in [2.75, 3.05) is 13.2 Å². The maximum absolute atomic E-state index is 5.71. The second-order valence-electron chi connectivity index (χ2n) is 5.45. The van der Waals surface area contributed by atoms with Crippen LogP contribution in [0, 0.1) is 6.92 Å². The van der Waals surface area contributed by atoms with E-state index in [1.165, 1.54) is 11.1 Å². The molecule has 0 spiro atoms. The highest BCUT2D eigenvalue weighted by Gasteiger charge is 2.32. The Bertz CT molecular complexity index is 600. The lowest BCUT2D eigenvalue weighted by Crippen LogP contribution is -2.23. The molecule has 1 aliphatic heterocycles. The highest BCUT2D eigenvalue weighted by atomic mass is 16.7. The second kappa shape index (κ2) is 6.02. The summed E-state index contributed by atoms with van der Waals surface area (Å²) >= 11 is 0. The molecule has 3 rings (SSSR count). The predicted molar refractivity (Wildman–Crippen MR) is 79.7 cm³/mol. The van der Waals surface area contributed by atoms with Crippen LogP contribution in [-0.2, 0) is 28.4 Å². The van der Waals surface area contributed by atoms with Crippen molar-refractivity contribution in [3.05, 3.63) is 59.0 Å². The first-order chi connectivity index (χ1) is 10.2. The lowest BCUT2D eigenvalue weighted by molar-refractivity contribution is -0.149. The van der Waals surface area contributed by atoms with Crippen LogP contribution >= 0.6 is 0 Å². The summed E-state index contributed by atoms with van der Waals surface area (Å²) in [5.41, 5.74) is 3.48. The highest BCUT2D eigenvalue weighted by Crippen LogP contribution is 2.31. The van der Waals surface area contributed by atoms with E-state index in [0.717, 1.165) is 24.4 Å². The van der Waals surface area contributed by atoms with E-state index in [1.807, 2.05) is 26.0 Å². The fourth-order valence-electron chi connectivity index (χ4n) is 2.58. The molecule has 1 aromatic carbocycles. The molecule has 0 bridgehead atoms. The van der Waals surface area contributed by atoms with Gasteiger partial charge in [0.25, 0.3) is 0 Å². The van der Waals surface area contributed by atoms with Crippen LogP contribution in [0.15, 0.2) is 41.0 Å². The Labute approximate surface area is 125 Å². The Morgan fingerprint density at radius 1 is 1.14 bits per heavy atom. The molecule has 2 aromatic rings. The van der Waals surface area contributed by atoms with Gasteiger partial charge in [-0.05, 0) is 31.5 Å². The first-order valence-electron chi connectivity index (χ1n) is 7.28. The van der Waals surface area contributed by atoms with Crippen molar-refractivity contribution in [3.8, 4) is 0 Å². The minimum Gasteiger partial charge on any atom is -0.469 e. The molecule has 0 radical (unpaired) electrons. The Morgan fingerprint density at radius 2 is 1.95 bits per heavy atom. The molecule has 1 aliphatic rings. The summed E-state index contributed by atoms with van der Waals surface area (Å²) in [7, 11) is 0. The molecule has 0 aliphatic carbocycles. The first kappa shape index (κ1) is 14.3. The molecule has 1 saturated heterocycles. The van der Waals surface area contributed by atoms with Gasteiger partial charge < -0.3 is 19.2 Å². The van der Waals surface area contributed by atoms with E-state index >= 15 is 0 Å². The fourth-order valence-corrected chi connectivity index (χ4v) is 2.58. The number of furan rings is 1. The van der Waals surface area contributed by atoms with Crippen molar-refractivity contribution in [3.63, 3.8) is 0 Å². The first-order valence-corrected chi connectivity index (χ1v) is 7.28. The Kier molecular flexibility index (Phi) is 4.10. The number of hydrogen-bond acceptors (Lipinski definition) is 4. The summed E-state index contributed by atoms with van der Waals surface area (Å²) in [6, 6.07) is 10.3. The summed E-state index contributed by atoms with van der Waals surface area (Å²) in [5.74, 6) is 0.369. The van der Waals surface area contributed by atoms with E-state index in [4.69, 9.17) is 13.9 Å². The molecule has 21 heavy (non-hydrogen) atoms. The van der Waals surface area contributed by atoms with Crippen LogP contribution in [0.5, 0.6) is 0 Å². The second-order valence-corrected chi connectivity index (χ2v) is 5.45. The molecule has 1 aromatic heterocycles. The van der Waals surface area contributed by atoms with Crippen molar-refractivity contribution in [2.24, 2.45) is 0 Å². The number of ether oxygens (including phenoxy) is 2. The number of hydrogen-bond donors (Lipinski definition) is 1. The van der Waals surface area contributed by atoms with Gasteiger partial charge in [0, 0.05) is 24.2 Å². The smallest absolute Gasteiger partial charge is 0.192 e. The van der Waals surface area contributed by atoms with Crippen LogP contribution in [0.2, 0.25) is 0 Å². The van der Waals surface area contributed by atoms with Crippen LogP contribution in [0.25, 0.3) is 0 Å². The van der Waals surface area contributed by atoms with E-state index in [2.05, 4.69) is 23.5 Å². The summed E-state index contributed by atoms with van der Waals surface area (Å²) < 4.78 is 16.7. The summed E-state index contributed by atoms with van der Waals surface area (Å²) in [5, 5.41) is 3.43. The lowest BCUT2D eigenvalue weighted by Gasteiger charge is -2.23. The number of benzene rings is 1. The van der Waals surface area contributed by atoms with Gasteiger partial charge in [0.05, 0.1) is 19.5 Å². The molecule has 112 valence electrons. The van der Waals surface area contributed by atoms with Crippen LogP contribution in [-0.4, -0.2) is 13.2 Å². The van der Waals surface area contributed by atoms with Crippen molar-refractivity contribution in [1.82, 2.24) is 5.32 Å². The highest BCUT2D eigenvalue weighted by molar-refractivity contribution is 5.27. The maximum Gasteiger partial charge on any atom is 0.192 e. The third-order valence-electron chi connectivity index (χ3n) is 3.90. The molecule has 0 amide bonds. The van der Waals surface area contributed by atoms with Gasteiger partial charge >= 0.3 is 0 Å². The third kappa shape index (κ3) is 3.18. The molecular weight excluding hydrogens is 266 g/mol. The van der Waals surface area contributed by atoms with Crippen LogP contribution < -0.4 is 5.32 Å². The van der Waals surface area contributed by atoms with Gasteiger partial charge in [0.15, 0.2) is 5.79 Å². The monoisotopic (exact) mass is 287 g/mol. The Morgan fingerprint density at radius 3 is 2.67 bits per heavy atom. The molecule has 1 N–H and O–H groups in total. The van der Waals surface area contributed by atoms with Gasteiger partial charge in [-0.15, -0.1) is 0 Å². The van der Waals surface area contributed by atoms with Gasteiger partial charge in [-0.25, -0.2) is 0 Å². The summed E-state index contributed by atoms with van der Waals surface area (Å²) in [6.45, 7) is 6.86. The molecule has 4 heteroatoms. The molecular formula is C17H21NO3. The third-order valence-corrected chi connectivity index (χ3v) is 3.90. The predicted octanol–water partition coefficient (Wildman–Crippen LogP) is 3.10. The lowest BCUT2D eigenvalue weighted by atomic mass is 10.0. The van der Waals surface area contributed by atoms with Crippen LogP contribution in [0.1, 0.15) is 29.4 Å². The van der Waals surface area contributed by atoms with Crippen LogP contribution in [0.3, 0.4) is 0 Å². The van der Waals surface area contributed by atoms with Crippen LogP contribution in [0.4, 0.5) is 0 Å². The minimum atomic E-state index is -0.600. The summed E-state index contributed by atoms with van der Waals surface area (Å²) in [4.78, 5) is 0. The van der Waals surface area contributed by atoms with E-state index in [0.29, 0.717) is 13.2 Å². The fraction of sp³-hybridized carbons (Fsp3) is 0.412. The zero-order chi connectivity index (χ0) is 14.7. The summed E-state index contributed by atoms with van der Waals surface area (Å²) in [6.07, 6.45) is 1.72.